The first-order valence-corrected chi connectivity index (χ1v) is 9.09. The predicted octanol–water partition coefficient (Wildman–Crippen LogP) is 3.64. The number of ether oxygens (including phenoxy) is 1. The van der Waals surface area contributed by atoms with Gasteiger partial charge in [0.15, 0.2) is 5.11 Å². The fourth-order valence-electron chi connectivity index (χ4n) is 3.14. The standard InChI is InChI=1S/C20H23N3O2S/c1-14(2)12-18-19(24)23(16-4-6-17(25-3)7-5-16)20(26)22(18)13-15-8-10-21-11-9-15/h4-11,14,18H,12-13H2,1-3H3. The van der Waals surface area contributed by atoms with E-state index in [0.717, 1.165) is 23.4 Å². The minimum Gasteiger partial charge on any atom is -0.497 e. The highest BCUT2D eigenvalue weighted by molar-refractivity contribution is 7.80. The number of methoxy groups -OCH3 is 1. The average Bonchev–Trinajstić information content (AvgIpc) is 2.86. The molecule has 0 aliphatic carbocycles. The number of pyridine rings is 1. The Balaban J connectivity index is 1.91. The Kier molecular flexibility index (Phi) is 5.52. The molecule has 0 radical (unpaired) electrons. The molecule has 0 spiro atoms. The Morgan fingerprint density at radius 2 is 1.81 bits per heavy atom. The van der Waals surface area contributed by atoms with Crippen molar-refractivity contribution in [2.75, 3.05) is 12.0 Å². The molecule has 1 aliphatic rings. The molecule has 136 valence electrons. The van der Waals surface area contributed by atoms with Gasteiger partial charge in [-0.1, -0.05) is 13.8 Å². The van der Waals surface area contributed by atoms with Crippen LogP contribution < -0.4 is 9.64 Å². The molecule has 1 atom stereocenters. The van der Waals surface area contributed by atoms with E-state index in [1.165, 1.54) is 0 Å². The van der Waals surface area contributed by atoms with Gasteiger partial charge in [-0.05, 0) is 66.5 Å². The predicted molar refractivity (Wildman–Crippen MR) is 106 cm³/mol. The van der Waals surface area contributed by atoms with Crippen molar-refractivity contribution in [1.82, 2.24) is 9.88 Å². The zero-order valence-corrected chi connectivity index (χ0v) is 16.1. The second-order valence-electron chi connectivity index (χ2n) is 6.78. The lowest BCUT2D eigenvalue weighted by molar-refractivity contribution is -0.120. The third-order valence-corrected chi connectivity index (χ3v) is 4.86. The van der Waals surface area contributed by atoms with Gasteiger partial charge in [0.25, 0.3) is 5.91 Å². The Morgan fingerprint density at radius 1 is 1.15 bits per heavy atom. The molecule has 2 heterocycles. The smallest absolute Gasteiger partial charge is 0.256 e. The number of aromatic nitrogens is 1. The molecule has 0 saturated carbocycles. The number of hydrogen-bond donors (Lipinski definition) is 0. The second kappa shape index (κ2) is 7.83. The van der Waals surface area contributed by atoms with Crippen molar-refractivity contribution >= 4 is 28.9 Å². The van der Waals surface area contributed by atoms with E-state index in [9.17, 15) is 4.79 Å². The van der Waals surface area contributed by atoms with E-state index < -0.39 is 0 Å². The van der Waals surface area contributed by atoms with Gasteiger partial charge in [0, 0.05) is 18.9 Å². The minimum absolute atomic E-state index is 0.0305. The summed E-state index contributed by atoms with van der Waals surface area (Å²) in [5.74, 6) is 1.17. The molecule has 1 aliphatic heterocycles. The van der Waals surface area contributed by atoms with Gasteiger partial charge < -0.3 is 9.64 Å². The van der Waals surface area contributed by atoms with Crippen molar-refractivity contribution in [2.45, 2.75) is 32.9 Å². The number of rotatable bonds is 6. The van der Waals surface area contributed by atoms with Gasteiger partial charge in [0.1, 0.15) is 11.8 Å². The molecule has 0 N–H and O–H groups in total. The molecule has 1 unspecified atom stereocenters. The molecule has 2 aromatic rings. The van der Waals surface area contributed by atoms with Crippen LogP contribution in [0.2, 0.25) is 0 Å². The Hall–Kier alpha value is -2.47. The normalized spacial score (nSPS) is 17.3. The highest BCUT2D eigenvalue weighted by Gasteiger charge is 2.43. The monoisotopic (exact) mass is 369 g/mol. The van der Waals surface area contributed by atoms with E-state index in [4.69, 9.17) is 17.0 Å². The lowest BCUT2D eigenvalue weighted by Gasteiger charge is -2.25. The maximum atomic E-state index is 13.2. The summed E-state index contributed by atoms with van der Waals surface area (Å²) in [4.78, 5) is 20.9. The van der Waals surface area contributed by atoms with E-state index in [0.29, 0.717) is 17.6 Å². The zero-order valence-electron chi connectivity index (χ0n) is 15.3. The van der Waals surface area contributed by atoms with Crippen molar-refractivity contribution in [2.24, 2.45) is 5.92 Å². The van der Waals surface area contributed by atoms with Gasteiger partial charge in [-0.25, -0.2) is 0 Å². The van der Waals surface area contributed by atoms with Gasteiger partial charge in [-0.15, -0.1) is 0 Å². The van der Waals surface area contributed by atoms with Crippen LogP contribution in [0.3, 0.4) is 0 Å². The van der Waals surface area contributed by atoms with E-state index >= 15 is 0 Å². The summed E-state index contributed by atoms with van der Waals surface area (Å²) in [6.45, 7) is 4.84. The number of benzene rings is 1. The molecule has 1 fully saturated rings. The summed E-state index contributed by atoms with van der Waals surface area (Å²) in [6, 6.07) is 11.1. The lowest BCUT2D eigenvalue weighted by atomic mass is 10.0. The number of amides is 1. The number of hydrogen-bond acceptors (Lipinski definition) is 4. The quantitative estimate of drug-likeness (QED) is 0.728. The van der Waals surface area contributed by atoms with Crippen LogP contribution in [-0.2, 0) is 11.3 Å². The number of nitrogens with zero attached hydrogens (tertiary/aromatic N) is 3. The molecule has 0 bridgehead atoms. The van der Waals surface area contributed by atoms with Gasteiger partial charge >= 0.3 is 0 Å². The zero-order chi connectivity index (χ0) is 18.7. The SMILES string of the molecule is COc1ccc(N2C(=O)C(CC(C)C)N(Cc3ccncc3)C2=S)cc1. The third-order valence-electron chi connectivity index (χ3n) is 4.45. The first-order valence-electron chi connectivity index (χ1n) is 8.68. The summed E-state index contributed by atoms with van der Waals surface area (Å²) in [7, 11) is 1.62. The third kappa shape index (κ3) is 3.70. The van der Waals surface area contributed by atoms with E-state index in [1.807, 2.05) is 41.3 Å². The van der Waals surface area contributed by atoms with Crippen molar-refractivity contribution in [3.05, 3.63) is 54.4 Å². The van der Waals surface area contributed by atoms with Gasteiger partial charge in [0.2, 0.25) is 0 Å². The van der Waals surface area contributed by atoms with Crippen molar-refractivity contribution in [3.63, 3.8) is 0 Å². The van der Waals surface area contributed by atoms with Crippen LogP contribution in [0.25, 0.3) is 0 Å². The summed E-state index contributed by atoms with van der Waals surface area (Å²) in [5, 5.41) is 0.544. The summed E-state index contributed by atoms with van der Waals surface area (Å²) >= 11 is 5.70. The number of carbonyl (C=O) groups is 1. The van der Waals surface area contributed by atoms with Crippen LogP contribution >= 0.6 is 12.2 Å². The second-order valence-corrected chi connectivity index (χ2v) is 7.15. The van der Waals surface area contributed by atoms with Gasteiger partial charge in [-0.2, -0.15) is 0 Å². The fraction of sp³-hybridized carbons (Fsp3) is 0.350. The number of anilines is 1. The van der Waals surface area contributed by atoms with Crippen molar-refractivity contribution < 1.29 is 9.53 Å². The molecule has 1 saturated heterocycles. The Bertz CT molecular complexity index is 777. The highest BCUT2D eigenvalue weighted by Crippen LogP contribution is 2.30. The Labute approximate surface area is 159 Å². The largest absolute Gasteiger partial charge is 0.497 e. The van der Waals surface area contributed by atoms with E-state index in [-0.39, 0.29) is 11.9 Å². The highest BCUT2D eigenvalue weighted by atomic mass is 32.1. The van der Waals surface area contributed by atoms with Crippen LogP contribution in [0.4, 0.5) is 5.69 Å². The maximum Gasteiger partial charge on any atom is 0.256 e. The lowest BCUT2D eigenvalue weighted by Crippen LogP contribution is -2.35. The molecular weight excluding hydrogens is 346 g/mol. The van der Waals surface area contributed by atoms with Crippen LogP contribution in [0, 0.1) is 5.92 Å². The van der Waals surface area contributed by atoms with Crippen LogP contribution in [0.1, 0.15) is 25.8 Å². The minimum atomic E-state index is -0.252. The number of thiocarbonyl (C=S) groups is 1. The molecule has 5 nitrogen and oxygen atoms in total. The first kappa shape index (κ1) is 18.3. The molecule has 26 heavy (non-hydrogen) atoms. The van der Waals surface area contributed by atoms with Crippen LogP contribution in [0.5, 0.6) is 5.75 Å². The summed E-state index contributed by atoms with van der Waals surface area (Å²) in [6.07, 6.45) is 4.28. The van der Waals surface area contributed by atoms with Crippen molar-refractivity contribution in [1.29, 1.82) is 0 Å². The summed E-state index contributed by atoms with van der Waals surface area (Å²) < 4.78 is 5.21. The average molecular weight is 369 g/mol. The molecule has 6 heteroatoms. The van der Waals surface area contributed by atoms with Gasteiger partial charge in [0.05, 0.1) is 12.8 Å². The molecular formula is C20H23N3O2S. The molecule has 1 amide bonds. The maximum absolute atomic E-state index is 13.2. The van der Waals surface area contributed by atoms with Crippen molar-refractivity contribution in [3.8, 4) is 5.75 Å². The Morgan fingerprint density at radius 3 is 2.38 bits per heavy atom. The molecule has 3 rings (SSSR count). The first-order chi connectivity index (χ1) is 12.5. The number of carbonyl (C=O) groups excluding carboxylic acids is 1. The molecule has 1 aromatic heterocycles. The topological polar surface area (TPSA) is 45.7 Å². The van der Waals surface area contributed by atoms with E-state index in [1.54, 1.807) is 24.4 Å². The van der Waals surface area contributed by atoms with Crippen LogP contribution in [-0.4, -0.2) is 34.1 Å². The molecule has 1 aromatic carbocycles. The van der Waals surface area contributed by atoms with Gasteiger partial charge in [-0.3, -0.25) is 14.7 Å². The van der Waals surface area contributed by atoms with E-state index in [2.05, 4.69) is 18.8 Å². The summed E-state index contributed by atoms with van der Waals surface area (Å²) in [5.41, 5.74) is 1.85. The fourth-order valence-corrected chi connectivity index (χ4v) is 3.53. The van der Waals surface area contributed by atoms with Crippen LogP contribution in [0.15, 0.2) is 48.8 Å².